The van der Waals surface area contributed by atoms with Crippen molar-refractivity contribution in [3.63, 3.8) is 0 Å². The number of aryl methyl sites for hydroxylation is 2. The second-order valence-electron chi connectivity index (χ2n) is 6.16. The SMILES string of the molecule is Cc1noc(C)c1CSc1ncccc1C(=O)O[C@@H](C)C(=O)N(C)CCC#N. The number of nitriles is 1. The van der Waals surface area contributed by atoms with Gasteiger partial charge >= 0.3 is 5.97 Å². The van der Waals surface area contributed by atoms with Crippen LogP contribution < -0.4 is 0 Å². The number of carbonyl (C=O) groups excluding carboxylic acids is 2. The molecule has 0 saturated heterocycles. The van der Waals surface area contributed by atoms with Crippen molar-refractivity contribution in [1.82, 2.24) is 15.0 Å². The summed E-state index contributed by atoms with van der Waals surface area (Å²) in [5.74, 6) is 0.287. The first-order valence-electron chi connectivity index (χ1n) is 8.67. The van der Waals surface area contributed by atoms with E-state index >= 15 is 0 Å². The average molecular weight is 402 g/mol. The lowest BCUT2D eigenvalue weighted by Gasteiger charge is -2.20. The maximum Gasteiger partial charge on any atom is 0.341 e. The molecule has 0 bridgehead atoms. The Morgan fingerprint density at radius 3 is 2.82 bits per heavy atom. The third-order valence-electron chi connectivity index (χ3n) is 4.09. The van der Waals surface area contributed by atoms with E-state index in [-0.39, 0.29) is 18.9 Å². The Labute approximate surface area is 167 Å². The van der Waals surface area contributed by atoms with Gasteiger partial charge in [0.05, 0.1) is 23.7 Å². The summed E-state index contributed by atoms with van der Waals surface area (Å²) < 4.78 is 10.5. The second-order valence-corrected chi connectivity index (χ2v) is 7.13. The molecule has 0 unspecified atom stereocenters. The van der Waals surface area contributed by atoms with Gasteiger partial charge in [-0.15, -0.1) is 11.8 Å². The standard InChI is InChI=1S/C19H22N4O4S/c1-12-16(13(2)27-22-12)11-28-17-15(7-5-9-21-17)19(25)26-14(3)18(24)23(4)10-6-8-20/h5,7,9,14H,6,10-11H2,1-4H3/t14-/m0/s1. The zero-order chi connectivity index (χ0) is 20.7. The fourth-order valence-corrected chi connectivity index (χ4v) is 3.56. The quantitative estimate of drug-likeness (QED) is 0.490. The van der Waals surface area contributed by atoms with Gasteiger partial charge in [-0.1, -0.05) is 5.16 Å². The molecular weight excluding hydrogens is 380 g/mol. The molecule has 2 aromatic heterocycles. The van der Waals surface area contributed by atoms with Crippen LogP contribution >= 0.6 is 11.8 Å². The van der Waals surface area contributed by atoms with E-state index in [1.54, 1.807) is 25.4 Å². The maximum absolute atomic E-state index is 12.6. The van der Waals surface area contributed by atoms with E-state index < -0.39 is 12.1 Å². The van der Waals surface area contributed by atoms with Gasteiger partial charge < -0.3 is 14.2 Å². The molecule has 0 radical (unpaired) electrons. The summed E-state index contributed by atoms with van der Waals surface area (Å²) in [5.41, 5.74) is 2.04. The Morgan fingerprint density at radius 2 is 2.18 bits per heavy atom. The number of ether oxygens (including phenoxy) is 1. The first-order valence-corrected chi connectivity index (χ1v) is 9.66. The number of rotatable bonds is 8. The fourth-order valence-electron chi connectivity index (χ4n) is 2.42. The number of carbonyl (C=O) groups is 2. The van der Waals surface area contributed by atoms with Crippen LogP contribution in [0.2, 0.25) is 0 Å². The van der Waals surface area contributed by atoms with E-state index in [4.69, 9.17) is 14.5 Å². The van der Waals surface area contributed by atoms with Crippen molar-refractivity contribution < 1.29 is 18.8 Å². The van der Waals surface area contributed by atoms with Crippen LogP contribution in [0.3, 0.4) is 0 Å². The number of hydrogen-bond donors (Lipinski definition) is 0. The van der Waals surface area contributed by atoms with Gasteiger partial charge in [-0.2, -0.15) is 5.26 Å². The highest BCUT2D eigenvalue weighted by Gasteiger charge is 2.24. The lowest BCUT2D eigenvalue weighted by Crippen LogP contribution is -2.38. The second kappa shape index (κ2) is 9.90. The van der Waals surface area contributed by atoms with Crippen LogP contribution in [-0.2, 0) is 15.3 Å². The number of esters is 1. The Bertz CT molecular complexity index is 871. The molecule has 148 valence electrons. The van der Waals surface area contributed by atoms with Gasteiger partial charge in [0.1, 0.15) is 10.8 Å². The molecule has 2 heterocycles. The summed E-state index contributed by atoms with van der Waals surface area (Å²) in [6.45, 7) is 5.48. The third kappa shape index (κ3) is 5.33. The van der Waals surface area contributed by atoms with Gasteiger partial charge in [-0.05, 0) is 32.9 Å². The smallest absolute Gasteiger partial charge is 0.341 e. The molecule has 28 heavy (non-hydrogen) atoms. The summed E-state index contributed by atoms with van der Waals surface area (Å²) in [6, 6.07) is 5.23. The molecule has 0 aliphatic carbocycles. The highest BCUT2D eigenvalue weighted by molar-refractivity contribution is 7.98. The fraction of sp³-hybridized carbons (Fsp3) is 0.421. The molecule has 0 aliphatic heterocycles. The highest BCUT2D eigenvalue weighted by atomic mass is 32.2. The minimum absolute atomic E-state index is 0.216. The average Bonchev–Trinajstić information content (AvgIpc) is 3.01. The lowest BCUT2D eigenvalue weighted by molar-refractivity contribution is -0.138. The van der Waals surface area contributed by atoms with Gasteiger partial charge in [0.2, 0.25) is 0 Å². The molecule has 1 atom stereocenters. The number of aromatic nitrogens is 2. The summed E-state index contributed by atoms with van der Waals surface area (Å²) in [4.78, 5) is 30.5. The third-order valence-corrected chi connectivity index (χ3v) is 5.12. The van der Waals surface area contributed by atoms with Crippen LogP contribution in [0, 0.1) is 25.2 Å². The lowest BCUT2D eigenvalue weighted by atomic mass is 10.2. The van der Waals surface area contributed by atoms with Crippen LogP contribution in [0.5, 0.6) is 0 Å². The van der Waals surface area contributed by atoms with Gasteiger partial charge in [-0.3, -0.25) is 4.79 Å². The van der Waals surface area contributed by atoms with Crippen molar-refractivity contribution in [2.75, 3.05) is 13.6 Å². The van der Waals surface area contributed by atoms with Crippen molar-refractivity contribution >= 4 is 23.6 Å². The number of amides is 1. The van der Waals surface area contributed by atoms with E-state index in [2.05, 4.69) is 10.1 Å². The molecule has 0 aromatic carbocycles. The number of hydrogen-bond acceptors (Lipinski definition) is 8. The summed E-state index contributed by atoms with van der Waals surface area (Å²) in [7, 11) is 1.57. The Morgan fingerprint density at radius 1 is 1.43 bits per heavy atom. The summed E-state index contributed by atoms with van der Waals surface area (Å²) in [6.07, 6.45) is 0.849. The molecule has 0 N–H and O–H groups in total. The Hall–Kier alpha value is -2.86. The molecule has 8 nitrogen and oxygen atoms in total. The number of thioether (sulfide) groups is 1. The van der Waals surface area contributed by atoms with Gasteiger partial charge in [0.15, 0.2) is 6.10 Å². The monoisotopic (exact) mass is 402 g/mol. The first kappa shape index (κ1) is 21.4. The van der Waals surface area contributed by atoms with E-state index in [9.17, 15) is 9.59 Å². The predicted molar refractivity (Wildman–Crippen MR) is 103 cm³/mol. The highest BCUT2D eigenvalue weighted by Crippen LogP contribution is 2.27. The van der Waals surface area contributed by atoms with Crippen LogP contribution in [0.1, 0.15) is 40.7 Å². The van der Waals surface area contributed by atoms with E-state index in [0.29, 0.717) is 16.3 Å². The Balaban J connectivity index is 2.05. The zero-order valence-corrected chi connectivity index (χ0v) is 17.1. The molecule has 0 spiro atoms. The van der Waals surface area contributed by atoms with Crippen LogP contribution in [-0.4, -0.2) is 46.6 Å². The van der Waals surface area contributed by atoms with Crippen molar-refractivity contribution in [1.29, 1.82) is 5.26 Å². The maximum atomic E-state index is 12.6. The largest absolute Gasteiger partial charge is 0.449 e. The minimum atomic E-state index is -0.961. The van der Waals surface area contributed by atoms with Crippen molar-refractivity contribution in [2.45, 2.75) is 44.1 Å². The molecule has 9 heteroatoms. The number of pyridine rings is 1. The normalized spacial score (nSPS) is 11.5. The molecule has 0 aliphatic rings. The van der Waals surface area contributed by atoms with Gasteiger partial charge in [0.25, 0.3) is 5.91 Å². The number of likely N-dealkylation sites (N-methyl/N-ethyl adjacent to an activating group) is 1. The number of nitrogens with zero attached hydrogens (tertiary/aromatic N) is 4. The van der Waals surface area contributed by atoms with Gasteiger partial charge in [0, 0.05) is 31.1 Å². The summed E-state index contributed by atoms with van der Waals surface area (Å²) >= 11 is 1.37. The molecule has 0 fully saturated rings. The molecule has 1 amide bonds. The predicted octanol–water partition coefficient (Wildman–Crippen LogP) is 2.90. The summed E-state index contributed by atoms with van der Waals surface area (Å²) in [5, 5.41) is 13.0. The molecule has 2 rings (SSSR count). The minimum Gasteiger partial charge on any atom is -0.449 e. The zero-order valence-electron chi connectivity index (χ0n) is 16.3. The van der Waals surface area contributed by atoms with Crippen LogP contribution in [0.4, 0.5) is 0 Å². The Kier molecular flexibility index (Phi) is 7.58. The van der Waals surface area contributed by atoms with Crippen molar-refractivity contribution in [2.24, 2.45) is 0 Å². The van der Waals surface area contributed by atoms with E-state index in [0.717, 1.165) is 17.0 Å². The molecule has 2 aromatic rings. The van der Waals surface area contributed by atoms with Crippen molar-refractivity contribution in [3.05, 3.63) is 40.9 Å². The van der Waals surface area contributed by atoms with Gasteiger partial charge in [-0.25, -0.2) is 9.78 Å². The van der Waals surface area contributed by atoms with E-state index in [1.165, 1.54) is 23.6 Å². The topological polar surface area (TPSA) is 109 Å². The van der Waals surface area contributed by atoms with E-state index in [1.807, 2.05) is 19.9 Å². The first-order chi connectivity index (χ1) is 13.3. The van der Waals surface area contributed by atoms with Crippen LogP contribution in [0.25, 0.3) is 0 Å². The molecule has 0 saturated carbocycles. The van der Waals surface area contributed by atoms with Crippen molar-refractivity contribution in [3.8, 4) is 6.07 Å². The molecular formula is C19H22N4O4S. The van der Waals surface area contributed by atoms with Crippen LogP contribution in [0.15, 0.2) is 27.9 Å².